The number of hydrogen-bond acceptors (Lipinski definition) is 5. The van der Waals surface area contributed by atoms with Gasteiger partial charge in [0.1, 0.15) is 5.69 Å². The average molecular weight is 467 g/mol. The number of thiophene rings is 1. The van der Waals surface area contributed by atoms with E-state index >= 15 is 0 Å². The van der Waals surface area contributed by atoms with Gasteiger partial charge in [0.25, 0.3) is 0 Å². The molecule has 5 nitrogen and oxygen atoms in total. The van der Waals surface area contributed by atoms with Crippen LogP contribution in [0.3, 0.4) is 0 Å². The summed E-state index contributed by atoms with van der Waals surface area (Å²) in [7, 11) is 0. The summed E-state index contributed by atoms with van der Waals surface area (Å²) >= 11 is 1.48. The number of likely N-dealkylation sites (tertiary alicyclic amines) is 1. The van der Waals surface area contributed by atoms with Crippen LogP contribution in [-0.2, 0) is 11.3 Å². The van der Waals surface area contributed by atoms with Gasteiger partial charge in [0, 0.05) is 30.2 Å². The summed E-state index contributed by atoms with van der Waals surface area (Å²) in [5.74, 6) is -0.631. The topological polar surface area (TPSA) is 62.7 Å². The summed E-state index contributed by atoms with van der Waals surface area (Å²) in [4.78, 5) is 20.3. The Kier molecular flexibility index (Phi) is 7.55. The summed E-state index contributed by atoms with van der Waals surface area (Å²) in [6, 6.07) is 7.11. The molecule has 0 bridgehead atoms. The second-order valence-corrected chi connectivity index (χ2v) is 11.1. The normalized spacial score (nSPS) is 20.2. The number of halogens is 2. The van der Waals surface area contributed by atoms with Crippen molar-refractivity contribution < 1.29 is 23.4 Å². The van der Waals surface area contributed by atoms with Gasteiger partial charge in [-0.05, 0) is 47.9 Å². The molecule has 1 aliphatic heterocycles. The van der Waals surface area contributed by atoms with E-state index in [-0.39, 0.29) is 28.9 Å². The quantitative estimate of drug-likeness (QED) is 0.534. The number of carboxylic acid groups (broad SMARTS) is 1. The Labute approximate surface area is 192 Å². The molecule has 1 fully saturated rings. The molecule has 0 amide bonds. The number of ether oxygens (including phenoxy) is 1. The molecule has 0 aliphatic carbocycles. The summed E-state index contributed by atoms with van der Waals surface area (Å²) in [6.45, 7) is 9.51. The first-order valence-corrected chi connectivity index (χ1v) is 11.8. The Bertz CT molecular complexity index is 940. The highest BCUT2D eigenvalue weighted by atomic mass is 32.1. The van der Waals surface area contributed by atoms with Crippen LogP contribution in [0.5, 0.6) is 5.75 Å². The Morgan fingerprint density at radius 2 is 1.97 bits per heavy atom. The maximum atomic E-state index is 12.9. The molecule has 0 saturated carbocycles. The number of aromatic nitrogens is 1. The molecule has 176 valence electrons. The van der Waals surface area contributed by atoms with Gasteiger partial charge in [-0.2, -0.15) is 8.78 Å². The molecular formula is C24H32F2N2O3S. The monoisotopic (exact) mass is 466 g/mol. The fourth-order valence-electron chi connectivity index (χ4n) is 4.09. The van der Waals surface area contributed by atoms with Gasteiger partial charge in [-0.15, -0.1) is 11.3 Å². The third kappa shape index (κ3) is 6.04. The van der Waals surface area contributed by atoms with Crippen molar-refractivity contribution in [2.75, 3.05) is 13.1 Å². The van der Waals surface area contributed by atoms with Crippen molar-refractivity contribution in [2.45, 2.75) is 60.1 Å². The van der Waals surface area contributed by atoms with Gasteiger partial charge in [0.15, 0.2) is 5.75 Å². The Morgan fingerprint density at radius 3 is 2.56 bits per heavy atom. The van der Waals surface area contributed by atoms with Crippen molar-refractivity contribution in [3.63, 3.8) is 0 Å². The lowest BCUT2D eigenvalue weighted by Crippen LogP contribution is -2.46. The first-order chi connectivity index (χ1) is 14.9. The van der Waals surface area contributed by atoms with Crippen molar-refractivity contribution in [2.24, 2.45) is 17.3 Å². The third-order valence-electron chi connectivity index (χ3n) is 6.06. The predicted octanol–water partition coefficient (Wildman–Crippen LogP) is 6.10. The van der Waals surface area contributed by atoms with E-state index in [9.17, 15) is 18.7 Å². The van der Waals surface area contributed by atoms with Gasteiger partial charge in [-0.3, -0.25) is 9.69 Å². The molecule has 2 aromatic heterocycles. The molecule has 1 unspecified atom stereocenters. The minimum atomic E-state index is -2.92. The number of aliphatic carboxylic acids is 1. The van der Waals surface area contributed by atoms with E-state index in [1.807, 2.05) is 26.0 Å². The summed E-state index contributed by atoms with van der Waals surface area (Å²) in [5, 5.41) is 9.62. The van der Waals surface area contributed by atoms with Crippen molar-refractivity contribution in [3.05, 3.63) is 34.8 Å². The molecule has 32 heavy (non-hydrogen) atoms. The zero-order valence-electron chi connectivity index (χ0n) is 19.3. The molecule has 0 aromatic carbocycles. The number of pyridine rings is 1. The maximum absolute atomic E-state index is 12.9. The molecule has 1 aliphatic rings. The number of piperidine rings is 1. The van der Waals surface area contributed by atoms with E-state index in [4.69, 9.17) is 4.74 Å². The Hall–Kier alpha value is -2.06. The van der Waals surface area contributed by atoms with E-state index in [0.717, 1.165) is 22.0 Å². The third-order valence-corrected chi connectivity index (χ3v) is 7.14. The lowest BCUT2D eigenvalue weighted by Gasteiger charge is -2.42. The van der Waals surface area contributed by atoms with Crippen LogP contribution in [-0.4, -0.2) is 40.7 Å². The van der Waals surface area contributed by atoms with E-state index in [0.29, 0.717) is 25.2 Å². The molecule has 1 N–H and O–H groups in total. The molecule has 2 atom stereocenters. The summed E-state index contributed by atoms with van der Waals surface area (Å²) < 4.78 is 30.6. The zero-order chi connectivity index (χ0) is 23.6. The number of alkyl halides is 2. The lowest BCUT2D eigenvalue weighted by molar-refractivity contribution is -0.145. The fourth-order valence-corrected chi connectivity index (χ4v) is 5.13. The van der Waals surface area contributed by atoms with Crippen LogP contribution in [0.25, 0.3) is 10.6 Å². The molecule has 3 rings (SSSR count). The second kappa shape index (κ2) is 9.83. The molecular weight excluding hydrogens is 434 g/mol. The van der Waals surface area contributed by atoms with E-state index in [2.05, 4.69) is 30.7 Å². The van der Waals surface area contributed by atoms with Gasteiger partial charge in [0.05, 0.1) is 10.8 Å². The minimum absolute atomic E-state index is 0.0235. The largest absolute Gasteiger partial charge is 0.481 e. The fraction of sp³-hybridized carbons (Fsp3) is 0.583. The van der Waals surface area contributed by atoms with Gasteiger partial charge >= 0.3 is 12.6 Å². The van der Waals surface area contributed by atoms with Crippen LogP contribution in [0, 0.1) is 17.3 Å². The summed E-state index contributed by atoms with van der Waals surface area (Å²) in [5.41, 5.74) is 1.25. The lowest BCUT2D eigenvalue weighted by atomic mass is 9.73. The van der Waals surface area contributed by atoms with Crippen LogP contribution < -0.4 is 4.74 Å². The molecule has 2 aromatic rings. The second-order valence-electron chi connectivity index (χ2n) is 9.91. The number of rotatable bonds is 7. The van der Waals surface area contributed by atoms with Crippen molar-refractivity contribution >= 4 is 17.3 Å². The van der Waals surface area contributed by atoms with Gasteiger partial charge in [-0.1, -0.05) is 34.6 Å². The number of carbonyl (C=O) groups is 1. The Balaban J connectivity index is 1.84. The van der Waals surface area contributed by atoms with Crippen LogP contribution >= 0.6 is 11.3 Å². The molecule has 8 heteroatoms. The number of carboxylic acids is 1. The van der Waals surface area contributed by atoms with Crippen LogP contribution in [0.1, 0.15) is 57.5 Å². The van der Waals surface area contributed by atoms with E-state index in [1.165, 1.54) is 11.3 Å². The first kappa shape index (κ1) is 24.6. The molecule has 0 radical (unpaired) electrons. The van der Waals surface area contributed by atoms with Crippen LogP contribution in [0.15, 0.2) is 24.3 Å². The highest BCUT2D eigenvalue weighted by Crippen LogP contribution is 2.38. The van der Waals surface area contributed by atoms with Gasteiger partial charge in [-0.25, -0.2) is 4.98 Å². The van der Waals surface area contributed by atoms with Crippen molar-refractivity contribution in [3.8, 4) is 16.3 Å². The van der Waals surface area contributed by atoms with E-state index in [1.54, 1.807) is 12.1 Å². The molecule has 0 spiro atoms. The molecule has 3 heterocycles. The Morgan fingerprint density at radius 1 is 1.25 bits per heavy atom. The highest BCUT2D eigenvalue weighted by molar-refractivity contribution is 7.15. The summed E-state index contributed by atoms with van der Waals surface area (Å²) in [6.07, 6.45) is 0.686. The molecule has 1 saturated heterocycles. The minimum Gasteiger partial charge on any atom is -0.481 e. The van der Waals surface area contributed by atoms with E-state index < -0.39 is 12.6 Å². The van der Waals surface area contributed by atoms with Crippen LogP contribution in [0.2, 0.25) is 0 Å². The smallest absolute Gasteiger partial charge is 0.387 e. The van der Waals surface area contributed by atoms with Gasteiger partial charge in [0.2, 0.25) is 0 Å². The maximum Gasteiger partial charge on any atom is 0.387 e. The van der Waals surface area contributed by atoms with Crippen molar-refractivity contribution in [1.29, 1.82) is 0 Å². The van der Waals surface area contributed by atoms with Crippen LogP contribution in [0.4, 0.5) is 8.78 Å². The predicted molar refractivity (Wildman–Crippen MR) is 122 cm³/mol. The zero-order valence-corrected chi connectivity index (χ0v) is 20.1. The SMILES string of the molecule is CC(C)c1ccc(OC(F)F)c(-c2ccc(CN3CC(C(C)(C)C)C[C@@H](C(=O)O)C3)s2)n1. The number of nitrogens with zero attached hydrogens (tertiary/aromatic N) is 2. The standard InChI is InChI=1S/C24H32F2N2O3S/c1-14(2)18-7-8-19(31-23(25)26)21(27-18)20-9-6-17(32-20)13-28-11-15(22(29)30)10-16(12-28)24(3,4)5/h6-9,14-16,23H,10-13H2,1-5H3,(H,29,30)/t15-,16?/m1/s1. The van der Waals surface area contributed by atoms with Crippen molar-refractivity contribution in [1.82, 2.24) is 9.88 Å². The number of hydrogen-bond donors (Lipinski definition) is 1. The average Bonchev–Trinajstić information content (AvgIpc) is 3.15. The first-order valence-electron chi connectivity index (χ1n) is 10.9. The van der Waals surface area contributed by atoms with Gasteiger partial charge < -0.3 is 9.84 Å². The highest BCUT2D eigenvalue weighted by Gasteiger charge is 2.37.